The molecule has 0 unspecified atom stereocenters. The summed E-state index contributed by atoms with van der Waals surface area (Å²) in [5.41, 5.74) is 2.22. The Kier molecular flexibility index (Phi) is 44.6. The van der Waals surface area contributed by atoms with Crippen LogP contribution in [0.3, 0.4) is 0 Å². The molecule has 7 heterocycles. The minimum Gasteiger partial charge on any atom is -0.550 e. The Bertz CT molecular complexity index is 2670. The Morgan fingerprint density at radius 1 is 0.283 bits per heavy atom. The van der Waals surface area contributed by atoms with Crippen molar-refractivity contribution in [3.05, 3.63) is 97.1 Å². The van der Waals surface area contributed by atoms with Gasteiger partial charge in [0, 0.05) is 170 Å². The Morgan fingerprint density at radius 3 is 0.620 bits per heavy atom. The Hall–Kier alpha value is -4.08. The van der Waals surface area contributed by atoms with Gasteiger partial charge in [0.05, 0.1) is 0 Å². The van der Waals surface area contributed by atoms with Crippen LogP contribution in [0.25, 0.3) is 0 Å². The molecule has 8 amide bonds. The SMILES string of the molecule is O=C([O-])CCC(=O)NCCC(=O)N1CCCCN(C(=O)CCNC(=O)CCC(=O)[O-])c2ccc(cc2)SSc2ccc(cc2)N(C(=O)CCNC(=O)CCC(=O)[O-])CCCCN(C(=O)CCNC(=O)CCC(=O)[O-])c2ccc(cc2)SSc2ccc1cc2.[Na+].[Na+].[Na+].[Na+]. The number of rotatable bonds is 24. The summed E-state index contributed by atoms with van der Waals surface area (Å²) < 4.78 is 0. The third-order valence-electron chi connectivity index (χ3n) is 13.2. The van der Waals surface area contributed by atoms with E-state index >= 15 is 0 Å². The van der Waals surface area contributed by atoms with Crippen LogP contribution in [0, 0.1) is 0 Å². The van der Waals surface area contributed by atoms with Crippen LogP contribution in [0.5, 0.6) is 0 Å². The molecule has 7 aliphatic heterocycles. The van der Waals surface area contributed by atoms with Gasteiger partial charge in [-0.1, -0.05) is 43.2 Å². The molecule has 4 N–H and O–H groups in total. The zero-order valence-corrected chi connectivity index (χ0v) is 63.4. The first-order valence-electron chi connectivity index (χ1n) is 28.4. The molecule has 0 saturated carbocycles. The predicted octanol–water partition coefficient (Wildman–Crippen LogP) is -9.95. The van der Waals surface area contributed by atoms with Crippen molar-refractivity contribution in [2.45, 2.75) is 122 Å². The summed E-state index contributed by atoms with van der Waals surface area (Å²) in [5.74, 6) is -9.02. The van der Waals surface area contributed by atoms with Crippen LogP contribution < -0.4 is 180 Å². The minimum atomic E-state index is -1.38. The first kappa shape index (κ1) is 85.9. The summed E-state index contributed by atoms with van der Waals surface area (Å²) in [4.78, 5) is 158. The van der Waals surface area contributed by atoms with E-state index in [4.69, 9.17) is 0 Å². The molecule has 4 aromatic carbocycles. The van der Waals surface area contributed by atoms with Crippen molar-refractivity contribution in [3.8, 4) is 0 Å². The fourth-order valence-corrected chi connectivity index (χ4v) is 12.4. The van der Waals surface area contributed by atoms with Gasteiger partial charge in [0.25, 0.3) is 0 Å². The van der Waals surface area contributed by atoms with Crippen LogP contribution in [-0.4, -0.2) is 123 Å². The summed E-state index contributed by atoms with van der Waals surface area (Å²) >= 11 is 0. The number of carbonyl (C=O) groups excluding carboxylic acids is 12. The van der Waals surface area contributed by atoms with Gasteiger partial charge >= 0.3 is 118 Å². The number of hydrogen-bond donors (Lipinski definition) is 4. The number of amides is 8. The average Bonchev–Trinajstić information content (AvgIpc) is 2.14. The van der Waals surface area contributed by atoms with E-state index in [2.05, 4.69) is 21.3 Å². The van der Waals surface area contributed by atoms with Crippen LogP contribution in [0.4, 0.5) is 22.7 Å². The van der Waals surface area contributed by atoms with E-state index in [9.17, 15) is 78.0 Å². The number of carboxylic acid groups (broad SMARTS) is 4. The summed E-state index contributed by atoms with van der Waals surface area (Å²) in [6.45, 7) is 0.602. The van der Waals surface area contributed by atoms with Crippen molar-refractivity contribution < 1.29 is 196 Å². The topological polar surface area (TPSA) is 358 Å². The van der Waals surface area contributed by atoms with Crippen molar-refractivity contribution >= 4 is 137 Å². The molecule has 0 saturated heterocycles. The van der Waals surface area contributed by atoms with Crippen LogP contribution in [0.2, 0.25) is 0 Å². The molecule has 0 aromatic heterocycles. The van der Waals surface area contributed by atoms with Crippen molar-refractivity contribution in [2.75, 3.05) is 72.0 Å². The molecule has 0 atom stereocenters. The molecule has 32 heteroatoms. The molecule has 0 radical (unpaired) electrons. The summed E-state index contributed by atoms with van der Waals surface area (Å²) in [6, 6.07) is 29.0. The zero-order valence-electron chi connectivity index (χ0n) is 52.2. The smallest absolute Gasteiger partial charge is 0.550 e. The standard InChI is InChI=1S/C60H72N8O16S4.4Na/c69-49(21-25-57(77)78)61-33-29-53(73)65-37-1-2-38-66(54(74)30-34-62-50(70)22-26-58(79)80)42-7-15-46(16-8-42)86-88-48-19-11-44(12-20-48)68(56(76)32-36-64-52(72)24-28-60(83)84)40-4-3-39-67(55(75)31-35-63-51(71)23-27-59(81)82)43-9-17-47(18-10-43)87-85-45-13-5-41(65)6-14-45;;;;/h5-20H,1-4,21-40H2,(H,61,69)(H,62,70)(H,63,71)(H,64,72)(H,77,78)(H,79,80)(H,81,82)(H,83,84);;;;/q;4*+1/p-4. The number of aliphatic carboxylic acids is 4. The average molecular weight is 1380 g/mol. The maximum Gasteiger partial charge on any atom is 1.00 e. The van der Waals surface area contributed by atoms with Crippen LogP contribution in [0.1, 0.15) is 103 Å². The van der Waals surface area contributed by atoms with Gasteiger partial charge in [0.15, 0.2) is 0 Å². The van der Waals surface area contributed by atoms with Gasteiger partial charge < -0.3 is 80.5 Å². The number of carbonyl (C=O) groups is 12. The third-order valence-corrected chi connectivity index (χ3v) is 18.0. The Balaban J connectivity index is 0.0000106. The van der Waals surface area contributed by atoms with Gasteiger partial charge in [-0.25, -0.2) is 0 Å². The van der Waals surface area contributed by atoms with E-state index in [1.165, 1.54) is 43.2 Å². The van der Waals surface area contributed by atoms with Gasteiger partial charge in [-0.05, 0) is 148 Å². The molecular weight excluding hydrogens is 1310 g/mol. The Morgan fingerprint density at radius 2 is 0.457 bits per heavy atom. The normalized spacial score (nSPS) is 12.8. The number of carboxylic acids is 4. The third kappa shape index (κ3) is 33.5. The second-order valence-corrected chi connectivity index (χ2v) is 24.3. The van der Waals surface area contributed by atoms with Gasteiger partial charge in [0.1, 0.15) is 0 Å². The van der Waals surface area contributed by atoms with E-state index in [-0.39, 0.29) is 246 Å². The monoisotopic (exact) mass is 1380 g/mol. The van der Waals surface area contributed by atoms with Crippen LogP contribution >= 0.6 is 43.2 Å². The number of nitrogens with zero attached hydrogens (tertiary/aromatic N) is 4. The number of benzene rings is 4. The molecule has 7 aliphatic rings. The first-order valence-corrected chi connectivity index (χ1v) is 32.7. The van der Waals surface area contributed by atoms with Gasteiger partial charge in [-0.3, -0.25) is 38.4 Å². The molecule has 472 valence electrons. The predicted molar refractivity (Wildman–Crippen MR) is 325 cm³/mol. The number of hydrogen-bond acceptors (Lipinski definition) is 20. The molecular formula is C60H68N8Na4O16S4. The zero-order chi connectivity index (χ0) is 63.8. The largest absolute Gasteiger partial charge is 1.00 e. The fourth-order valence-electron chi connectivity index (χ4n) is 8.58. The second-order valence-electron chi connectivity index (χ2n) is 19.8. The molecule has 92 heavy (non-hydrogen) atoms. The van der Waals surface area contributed by atoms with E-state index in [0.717, 1.165) is 19.6 Å². The fraction of sp³-hybridized carbons (Fsp3) is 0.400. The maximum atomic E-state index is 13.9. The van der Waals surface area contributed by atoms with Crippen molar-refractivity contribution in [3.63, 3.8) is 0 Å². The summed E-state index contributed by atoms with van der Waals surface area (Å²) in [7, 11) is 5.72. The molecule has 24 nitrogen and oxygen atoms in total. The molecule has 0 spiro atoms. The number of nitrogens with one attached hydrogen (secondary N) is 4. The summed E-state index contributed by atoms with van der Waals surface area (Å²) in [5, 5.41) is 54.0. The quantitative estimate of drug-likeness (QED) is 0.0374. The Labute approximate surface area is 638 Å². The van der Waals surface area contributed by atoms with Gasteiger partial charge in [0.2, 0.25) is 47.3 Å². The molecule has 4 aromatic rings. The van der Waals surface area contributed by atoms with E-state index in [1.807, 2.05) is 48.5 Å². The van der Waals surface area contributed by atoms with Crippen LogP contribution in [-0.2, 0) is 57.5 Å². The molecule has 0 aliphatic carbocycles. The van der Waals surface area contributed by atoms with Crippen molar-refractivity contribution in [1.82, 2.24) is 21.3 Å². The molecule has 8 bridgehead atoms. The molecule has 0 fully saturated rings. The van der Waals surface area contributed by atoms with E-state index in [1.54, 1.807) is 68.1 Å². The van der Waals surface area contributed by atoms with Crippen molar-refractivity contribution in [2.24, 2.45) is 0 Å². The van der Waals surface area contributed by atoms with Crippen LogP contribution in [0.15, 0.2) is 117 Å². The first-order chi connectivity index (χ1) is 42.2. The summed E-state index contributed by atoms with van der Waals surface area (Å²) in [6.07, 6.45) is -1.94. The van der Waals surface area contributed by atoms with Gasteiger partial charge in [-0.15, -0.1) is 0 Å². The second kappa shape index (κ2) is 47.8. The molecule has 11 rings (SSSR count). The van der Waals surface area contributed by atoms with Crippen molar-refractivity contribution in [1.29, 1.82) is 0 Å². The minimum absolute atomic E-state index is 0. The number of anilines is 4. The van der Waals surface area contributed by atoms with E-state index in [0.29, 0.717) is 48.4 Å². The maximum absolute atomic E-state index is 13.9. The van der Waals surface area contributed by atoms with Gasteiger partial charge in [-0.2, -0.15) is 0 Å². The van der Waals surface area contributed by atoms with E-state index < -0.39 is 73.2 Å².